The summed E-state index contributed by atoms with van der Waals surface area (Å²) in [6.45, 7) is 9.19. The van der Waals surface area contributed by atoms with Crippen molar-refractivity contribution >= 4 is 8.07 Å². The van der Waals surface area contributed by atoms with Gasteiger partial charge in [-0.3, -0.25) is 0 Å². The fourth-order valence-electron chi connectivity index (χ4n) is 2.52. The van der Waals surface area contributed by atoms with Gasteiger partial charge >= 0.3 is 0 Å². The molecule has 96 valence electrons. The molecular formula is C16H28Si. The van der Waals surface area contributed by atoms with Gasteiger partial charge in [0, 0.05) is 0 Å². The summed E-state index contributed by atoms with van der Waals surface area (Å²) >= 11 is 0. The molecule has 17 heavy (non-hydrogen) atoms. The molecule has 1 aliphatic carbocycles. The highest BCUT2D eigenvalue weighted by molar-refractivity contribution is 6.83. The summed E-state index contributed by atoms with van der Waals surface area (Å²) in [5, 5.41) is 0. The lowest BCUT2D eigenvalue weighted by Crippen LogP contribution is -2.16. The summed E-state index contributed by atoms with van der Waals surface area (Å²) in [6.07, 6.45) is 12.9. The lowest BCUT2D eigenvalue weighted by atomic mass is 9.80. The molecule has 1 rings (SSSR count). The molecular weight excluding hydrogens is 220 g/mol. The minimum atomic E-state index is -1.18. The number of rotatable bonds is 3. The minimum Gasteiger partial charge on any atom is -0.127 e. The average Bonchev–Trinajstić information content (AvgIpc) is 2.26. The zero-order chi connectivity index (χ0) is 12.7. The van der Waals surface area contributed by atoms with E-state index in [1.807, 2.05) is 0 Å². The fraction of sp³-hybridized carbons (Fsp3) is 0.750. The first-order valence-electron chi connectivity index (χ1n) is 7.20. The van der Waals surface area contributed by atoms with Crippen LogP contribution in [0.1, 0.15) is 45.4 Å². The fourth-order valence-corrected chi connectivity index (χ4v) is 3.04. The van der Waals surface area contributed by atoms with Crippen molar-refractivity contribution in [2.75, 3.05) is 0 Å². The van der Waals surface area contributed by atoms with Crippen molar-refractivity contribution in [2.45, 2.75) is 65.1 Å². The van der Waals surface area contributed by atoms with Crippen molar-refractivity contribution in [3.05, 3.63) is 12.2 Å². The van der Waals surface area contributed by atoms with E-state index >= 15 is 0 Å². The van der Waals surface area contributed by atoms with E-state index in [4.69, 9.17) is 0 Å². The predicted molar refractivity (Wildman–Crippen MR) is 80.6 cm³/mol. The zero-order valence-corrected chi connectivity index (χ0v) is 13.1. The van der Waals surface area contributed by atoms with E-state index in [2.05, 4.69) is 50.2 Å². The van der Waals surface area contributed by atoms with Crippen molar-refractivity contribution in [1.82, 2.24) is 0 Å². The molecule has 0 bridgehead atoms. The quantitative estimate of drug-likeness (QED) is 0.485. The second-order valence-electron chi connectivity index (χ2n) is 6.45. The number of hydrogen-bond donors (Lipinski definition) is 0. The molecule has 0 aromatic carbocycles. The molecule has 1 aliphatic rings. The van der Waals surface area contributed by atoms with Crippen LogP contribution in [0.2, 0.25) is 19.6 Å². The Labute approximate surface area is 109 Å². The summed E-state index contributed by atoms with van der Waals surface area (Å²) in [6, 6.07) is 0. The van der Waals surface area contributed by atoms with E-state index in [-0.39, 0.29) is 0 Å². The average molecular weight is 248 g/mol. The molecule has 0 aromatic heterocycles. The largest absolute Gasteiger partial charge is 0.129 e. The zero-order valence-electron chi connectivity index (χ0n) is 12.1. The summed E-state index contributed by atoms with van der Waals surface area (Å²) in [5.41, 5.74) is 3.39. The van der Waals surface area contributed by atoms with Crippen LogP contribution in [0.15, 0.2) is 12.2 Å². The van der Waals surface area contributed by atoms with Gasteiger partial charge in [0.15, 0.2) is 0 Å². The highest BCUT2D eigenvalue weighted by Gasteiger charge is 2.18. The number of allylic oxidation sites excluding steroid dienone is 2. The van der Waals surface area contributed by atoms with Crippen molar-refractivity contribution in [2.24, 2.45) is 11.8 Å². The minimum absolute atomic E-state index is 0.805. The second-order valence-corrected chi connectivity index (χ2v) is 11.2. The Morgan fingerprint density at radius 2 is 1.76 bits per heavy atom. The standard InChI is InChI=1S/C16H28Si/c1-5-8-15-10-12-16(13-11-15)9-6-7-14-17(2,3)4/h6,9,15-16H,5,8,10-13H2,1-4H3/t15-,16-. The third-order valence-electron chi connectivity index (χ3n) is 3.49. The van der Waals surface area contributed by atoms with Crippen LogP contribution >= 0.6 is 0 Å². The van der Waals surface area contributed by atoms with E-state index < -0.39 is 8.07 Å². The maximum atomic E-state index is 3.39. The van der Waals surface area contributed by atoms with Crippen LogP contribution in [0, 0.1) is 23.3 Å². The predicted octanol–water partition coefficient (Wildman–Crippen LogP) is 5.03. The molecule has 0 saturated heterocycles. The van der Waals surface area contributed by atoms with E-state index in [0.717, 1.165) is 11.8 Å². The van der Waals surface area contributed by atoms with Gasteiger partial charge in [0.05, 0.1) is 0 Å². The molecule has 0 unspecified atom stereocenters. The Kier molecular flexibility index (Phi) is 6.06. The Morgan fingerprint density at radius 1 is 1.12 bits per heavy atom. The maximum absolute atomic E-state index is 3.39. The van der Waals surface area contributed by atoms with Crippen LogP contribution in [0.25, 0.3) is 0 Å². The van der Waals surface area contributed by atoms with Crippen LogP contribution in [-0.4, -0.2) is 8.07 Å². The van der Waals surface area contributed by atoms with Crippen LogP contribution in [0.5, 0.6) is 0 Å². The van der Waals surface area contributed by atoms with E-state index in [0.29, 0.717) is 0 Å². The third-order valence-corrected chi connectivity index (χ3v) is 4.38. The Hall–Kier alpha value is -0.483. The maximum Gasteiger partial charge on any atom is 0.129 e. The lowest BCUT2D eigenvalue weighted by Gasteiger charge is -2.26. The molecule has 0 heterocycles. The number of hydrogen-bond acceptors (Lipinski definition) is 0. The monoisotopic (exact) mass is 248 g/mol. The molecule has 0 nitrogen and oxygen atoms in total. The summed E-state index contributed by atoms with van der Waals surface area (Å²) in [5.74, 6) is 5.06. The Balaban J connectivity index is 2.30. The van der Waals surface area contributed by atoms with Crippen molar-refractivity contribution in [1.29, 1.82) is 0 Å². The molecule has 0 amide bonds. The SMILES string of the molecule is CCC[C@H]1CC[C@H](C=CC#C[Si](C)(C)C)CC1. The lowest BCUT2D eigenvalue weighted by molar-refractivity contribution is 0.294. The molecule has 0 aliphatic heterocycles. The smallest absolute Gasteiger partial charge is 0.127 e. The van der Waals surface area contributed by atoms with E-state index in [1.165, 1.54) is 38.5 Å². The first-order valence-corrected chi connectivity index (χ1v) is 10.7. The third kappa shape index (κ3) is 6.73. The molecule has 0 aromatic rings. The van der Waals surface area contributed by atoms with Crippen LogP contribution < -0.4 is 0 Å². The van der Waals surface area contributed by atoms with Crippen LogP contribution in [0.4, 0.5) is 0 Å². The van der Waals surface area contributed by atoms with Gasteiger partial charge in [-0.2, -0.15) is 0 Å². The first kappa shape index (κ1) is 14.6. The van der Waals surface area contributed by atoms with Gasteiger partial charge in [0.1, 0.15) is 8.07 Å². The molecule has 1 heteroatoms. The van der Waals surface area contributed by atoms with Gasteiger partial charge in [-0.25, -0.2) is 0 Å². The molecule has 0 N–H and O–H groups in total. The normalized spacial score (nSPS) is 25.6. The van der Waals surface area contributed by atoms with Gasteiger partial charge in [0.2, 0.25) is 0 Å². The van der Waals surface area contributed by atoms with Gasteiger partial charge in [-0.15, -0.1) is 5.54 Å². The summed E-state index contributed by atoms with van der Waals surface area (Å²) < 4.78 is 0. The molecule has 0 spiro atoms. The topological polar surface area (TPSA) is 0 Å². The van der Waals surface area contributed by atoms with E-state index in [9.17, 15) is 0 Å². The summed E-state index contributed by atoms with van der Waals surface area (Å²) in [7, 11) is -1.18. The molecule has 1 fully saturated rings. The highest BCUT2D eigenvalue weighted by atomic mass is 28.3. The van der Waals surface area contributed by atoms with Gasteiger partial charge in [0.25, 0.3) is 0 Å². The van der Waals surface area contributed by atoms with E-state index in [1.54, 1.807) is 0 Å². The van der Waals surface area contributed by atoms with Gasteiger partial charge in [-0.1, -0.05) is 51.4 Å². The van der Waals surface area contributed by atoms with Crippen LogP contribution in [-0.2, 0) is 0 Å². The second kappa shape index (κ2) is 7.06. The first-order chi connectivity index (χ1) is 8.01. The molecule has 0 atom stereocenters. The van der Waals surface area contributed by atoms with Gasteiger partial charge in [-0.05, 0) is 43.6 Å². The molecule has 1 saturated carbocycles. The Bertz CT molecular complexity index is 290. The Morgan fingerprint density at radius 3 is 2.29 bits per heavy atom. The van der Waals surface area contributed by atoms with Crippen molar-refractivity contribution in [3.8, 4) is 11.5 Å². The summed E-state index contributed by atoms with van der Waals surface area (Å²) in [4.78, 5) is 0. The van der Waals surface area contributed by atoms with Crippen LogP contribution in [0.3, 0.4) is 0 Å². The van der Waals surface area contributed by atoms with Crippen molar-refractivity contribution in [3.63, 3.8) is 0 Å². The highest BCUT2D eigenvalue weighted by Crippen LogP contribution is 2.31. The van der Waals surface area contributed by atoms with Gasteiger partial charge < -0.3 is 0 Å². The molecule has 0 radical (unpaired) electrons. The van der Waals surface area contributed by atoms with Crippen molar-refractivity contribution < 1.29 is 0 Å².